The molecular weight excluding hydrogens is 245 g/mol. The molecule has 1 aromatic heterocycles. The first-order valence-corrected chi connectivity index (χ1v) is 5.35. The van der Waals surface area contributed by atoms with Gasteiger partial charge in [-0.2, -0.15) is 13.2 Å². The van der Waals surface area contributed by atoms with Gasteiger partial charge < -0.3 is 10.3 Å². The van der Waals surface area contributed by atoms with E-state index in [4.69, 9.17) is 10.3 Å². The number of rotatable bonds is 3. The summed E-state index contributed by atoms with van der Waals surface area (Å²) in [6.45, 7) is 0.101. The number of alkyl halides is 3. The van der Waals surface area contributed by atoms with Crippen molar-refractivity contribution in [1.82, 2.24) is 5.16 Å². The zero-order valence-electron chi connectivity index (χ0n) is 9.37. The lowest BCUT2D eigenvalue weighted by Gasteiger charge is -2.05. The van der Waals surface area contributed by atoms with E-state index in [-0.39, 0.29) is 24.3 Å². The van der Waals surface area contributed by atoms with Crippen molar-refractivity contribution in [3.05, 3.63) is 41.6 Å². The summed E-state index contributed by atoms with van der Waals surface area (Å²) in [6, 6.07) is 8.54. The minimum Gasteiger partial charge on any atom is -0.355 e. The SMILES string of the molecule is NCCc1c(C(F)(F)F)noc1-c1ccccc1. The molecule has 0 aliphatic rings. The summed E-state index contributed by atoms with van der Waals surface area (Å²) < 4.78 is 43.0. The van der Waals surface area contributed by atoms with E-state index in [1.165, 1.54) is 0 Å². The molecule has 0 aliphatic heterocycles. The lowest BCUT2D eigenvalue weighted by Crippen LogP contribution is -2.12. The molecule has 0 aliphatic carbocycles. The normalized spacial score (nSPS) is 11.8. The number of hydrogen-bond acceptors (Lipinski definition) is 3. The summed E-state index contributed by atoms with van der Waals surface area (Å²) in [5.41, 5.74) is 4.92. The van der Waals surface area contributed by atoms with Gasteiger partial charge in [0.1, 0.15) is 0 Å². The van der Waals surface area contributed by atoms with Gasteiger partial charge in [0.15, 0.2) is 11.5 Å². The quantitative estimate of drug-likeness (QED) is 0.918. The third-order valence-corrected chi connectivity index (χ3v) is 2.49. The third-order valence-electron chi connectivity index (χ3n) is 2.49. The Morgan fingerprint density at radius 1 is 1.17 bits per heavy atom. The fourth-order valence-corrected chi connectivity index (χ4v) is 1.72. The van der Waals surface area contributed by atoms with E-state index < -0.39 is 11.9 Å². The number of hydrogen-bond donors (Lipinski definition) is 1. The minimum atomic E-state index is -4.53. The third kappa shape index (κ3) is 2.38. The van der Waals surface area contributed by atoms with E-state index in [1.807, 2.05) is 0 Å². The molecule has 2 rings (SSSR count). The van der Waals surface area contributed by atoms with E-state index in [2.05, 4.69) is 5.16 Å². The molecule has 6 heteroatoms. The smallest absolute Gasteiger partial charge is 0.355 e. The lowest BCUT2D eigenvalue weighted by atomic mass is 10.0. The van der Waals surface area contributed by atoms with Gasteiger partial charge in [0, 0.05) is 11.1 Å². The predicted molar refractivity (Wildman–Crippen MR) is 59.7 cm³/mol. The van der Waals surface area contributed by atoms with Gasteiger partial charge in [0.25, 0.3) is 0 Å². The van der Waals surface area contributed by atoms with Crippen LogP contribution >= 0.6 is 0 Å². The van der Waals surface area contributed by atoms with E-state index in [0.717, 1.165) is 0 Å². The average Bonchev–Trinajstić information content (AvgIpc) is 2.74. The summed E-state index contributed by atoms with van der Waals surface area (Å²) in [4.78, 5) is 0. The molecular formula is C12H11F3N2O. The van der Waals surface area contributed by atoms with E-state index in [9.17, 15) is 13.2 Å². The molecule has 0 amide bonds. The Labute approximate surface area is 101 Å². The number of benzene rings is 1. The Hall–Kier alpha value is -1.82. The van der Waals surface area contributed by atoms with Gasteiger partial charge in [-0.25, -0.2) is 0 Å². The first-order chi connectivity index (χ1) is 8.54. The fraction of sp³-hybridized carbons (Fsp3) is 0.250. The van der Waals surface area contributed by atoms with Crippen LogP contribution < -0.4 is 5.73 Å². The van der Waals surface area contributed by atoms with Crippen LogP contribution in [-0.4, -0.2) is 11.7 Å². The predicted octanol–water partition coefficient (Wildman–Crippen LogP) is 2.86. The molecule has 2 aromatic rings. The van der Waals surface area contributed by atoms with Crippen LogP contribution in [0.4, 0.5) is 13.2 Å². The molecule has 0 atom stereocenters. The number of nitrogens with two attached hydrogens (primary N) is 1. The molecule has 3 nitrogen and oxygen atoms in total. The highest BCUT2D eigenvalue weighted by atomic mass is 19.4. The average molecular weight is 256 g/mol. The van der Waals surface area contributed by atoms with Crippen molar-refractivity contribution >= 4 is 0 Å². The molecule has 1 aromatic carbocycles. The van der Waals surface area contributed by atoms with Gasteiger partial charge in [-0.05, 0) is 13.0 Å². The Bertz CT molecular complexity index is 520. The molecule has 0 saturated heterocycles. The molecule has 96 valence electrons. The molecule has 0 bridgehead atoms. The minimum absolute atomic E-state index is 0.0104. The molecule has 2 N–H and O–H groups in total. The molecule has 0 radical (unpaired) electrons. The highest BCUT2D eigenvalue weighted by molar-refractivity contribution is 5.62. The largest absolute Gasteiger partial charge is 0.437 e. The first-order valence-electron chi connectivity index (χ1n) is 5.35. The highest BCUT2D eigenvalue weighted by Crippen LogP contribution is 2.36. The molecule has 0 fully saturated rings. The van der Waals surface area contributed by atoms with Crippen molar-refractivity contribution in [2.45, 2.75) is 12.6 Å². The van der Waals surface area contributed by atoms with Gasteiger partial charge in [-0.1, -0.05) is 35.5 Å². The maximum atomic E-state index is 12.7. The van der Waals surface area contributed by atoms with Gasteiger partial charge in [-0.3, -0.25) is 0 Å². The Morgan fingerprint density at radius 2 is 1.83 bits per heavy atom. The van der Waals surface area contributed by atoms with Crippen LogP contribution in [0.25, 0.3) is 11.3 Å². The molecule has 0 unspecified atom stereocenters. The molecule has 0 spiro atoms. The molecule has 0 saturated carbocycles. The van der Waals surface area contributed by atoms with Crippen LogP contribution in [0.5, 0.6) is 0 Å². The summed E-state index contributed by atoms with van der Waals surface area (Å²) in [6.07, 6.45) is -4.45. The van der Waals surface area contributed by atoms with Crippen molar-refractivity contribution in [3.63, 3.8) is 0 Å². The maximum Gasteiger partial charge on any atom is 0.437 e. The fourth-order valence-electron chi connectivity index (χ4n) is 1.72. The van der Waals surface area contributed by atoms with Crippen LogP contribution in [0.1, 0.15) is 11.3 Å². The molecule has 1 heterocycles. The first kappa shape index (κ1) is 12.6. The van der Waals surface area contributed by atoms with Crippen LogP contribution in [0.3, 0.4) is 0 Å². The topological polar surface area (TPSA) is 52.0 Å². The van der Waals surface area contributed by atoms with Crippen LogP contribution in [0.15, 0.2) is 34.9 Å². The van der Waals surface area contributed by atoms with Crippen LogP contribution in [0, 0.1) is 0 Å². The maximum absolute atomic E-state index is 12.7. The molecule has 18 heavy (non-hydrogen) atoms. The van der Waals surface area contributed by atoms with Crippen LogP contribution in [0.2, 0.25) is 0 Å². The van der Waals surface area contributed by atoms with Crippen molar-refractivity contribution in [2.24, 2.45) is 5.73 Å². The van der Waals surface area contributed by atoms with E-state index in [1.54, 1.807) is 30.3 Å². The Balaban J connectivity index is 2.52. The van der Waals surface area contributed by atoms with Gasteiger partial charge in [0.2, 0.25) is 0 Å². The number of aromatic nitrogens is 1. The Morgan fingerprint density at radius 3 is 2.39 bits per heavy atom. The standard InChI is InChI=1S/C12H11F3N2O/c13-12(14,15)11-9(6-7-16)10(18-17-11)8-4-2-1-3-5-8/h1-5H,6-7,16H2. The van der Waals surface area contributed by atoms with Gasteiger partial charge >= 0.3 is 6.18 Å². The van der Waals surface area contributed by atoms with E-state index in [0.29, 0.717) is 5.56 Å². The highest BCUT2D eigenvalue weighted by Gasteiger charge is 2.39. The summed E-state index contributed by atoms with van der Waals surface area (Å²) >= 11 is 0. The zero-order valence-corrected chi connectivity index (χ0v) is 9.37. The monoisotopic (exact) mass is 256 g/mol. The second-order valence-corrected chi connectivity index (χ2v) is 3.74. The van der Waals surface area contributed by atoms with Crippen molar-refractivity contribution in [3.8, 4) is 11.3 Å². The zero-order chi connectivity index (χ0) is 13.2. The summed E-state index contributed by atoms with van der Waals surface area (Å²) in [7, 11) is 0. The lowest BCUT2D eigenvalue weighted by molar-refractivity contribution is -0.143. The van der Waals surface area contributed by atoms with E-state index >= 15 is 0 Å². The Kier molecular flexibility index (Phi) is 3.38. The van der Waals surface area contributed by atoms with Crippen molar-refractivity contribution in [1.29, 1.82) is 0 Å². The van der Waals surface area contributed by atoms with Crippen molar-refractivity contribution < 1.29 is 17.7 Å². The second-order valence-electron chi connectivity index (χ2n) is 3.74. The van der Waals surface area contributed by atoms with Crippen molar-refractivity contribution in [2.75, 3.05) is 6.54 Å². The summed E-state index contributed by atoms with van der Waals surface area (Å²) in [5.74, 6) is 0.133. The van der Waals surface area contributed by atoms with Crippen LogP contribution in [-0.2, 0) is 12.6 Å². The number of halogens is 3. The van der Waals surface area contributed by atoms with Gasteiger partial charge in [-0.15, -0.1) is 0 Å². The number of nitrogens with zero attached hydrogens (tertiary/aromatic N) is 1. The van der Waals surface area contributed by atoms with Gasteiger partial charge in [0.05, 0.1) is 0 Å². The summed E-state index contributed by atoms with van der Waals surface area (Å²) in [5, 5.41) is 3.13. The second kappa shape index (κ2) is 4.81.